The molecule has 7 heteroatoms. The summed E-state index contributed by atoms with van der Waals surface area (Å²) in [5.41, 5.74) is 0.105. The van der Waals surface area contributed by atoms with E-state index in [0.29, 0.717) is 5.69 Å². The van der Waals surface area contributed by atoms with Crippen LogP contribution in [-0.2, 0) is 16.0 Å². The Bertz CT molecular complexity index is 1040. The van der Waals surface area contributed by atoms with Gasteiger partial charge in [0.05, 0.1) is 5.92 Å². The molecule has 158 valence electrons. The summed E-state index contributed by atoms with van der Waals surface area (Å²) in [4.78, 5) is 31.5. The number of carbonyl (C=O) groups is 2. The molecule has 2 N–H and O–H groups in total. The van der Waals surface area contributed by atoms with Gasteiger partial charge in [-0.15, -0.1) is 11.3 Å². The lowest BCUT2D eigenvalue weighted by Crippen LogP contribution is -2.37. The molecule has 0 aliphatic heterocycles. The number of thiophene rings is 1. The van der Waals surface area contributed by atoms with Crippen molar-refractivity contribution in [1.82, 2.24) is 10.3 Å². The highest BCUT2D eigenvalue weighted by Crippen LogP contribution is 2.27. The van der Waals surface area contributed by atoms with Gasteiger partial charge in [-0.3, -0.25) is 9.78 Å². The van der Waals surface area contributed by atoms with E-state index in [1.165, 1.54) is 4.88 Å². The minimum atomic E-state index is -0.597. The van der Waals surface area contributed by atoms with Crippen LogP contribution in [-0.4, -0.2) is 29.1 Å². The van der Waals surface area contributed by atoms with Crippen LogP contribution in [0, 0.1) is 0 Å². The molecule has 2 amide bonds. The van der Waals surface area contributed by atoms with Crippen LogP contribution >= 0.6 is 11.3 Å². The lowest BCUT2D eigenvalue weighted by atomic mass is 10.1. The summed E-state index contributed by atoms with van der Waals surface area (Å²) >= 11 is 1.59. The van der Waals surface area contributed by atoms with E-state index in [4.69, 9.17) is 4.74 Å². The van der Waals surface area contributed by atoms with Gasteiger partial charge in [-0.1, -0.05) is 13.0 Å². The van der Waals surface area contributed by atoms with Crippen LogP contribution in [0.2, 0.25) is 0 Å². The fourth-order valence-electron chi connectivity index (χ4n) is 2.98. The van der Waals surface area contributed by atoms with Gasteiger partial charge in [0.25, 0.3) is 0 Å². The number of nitrogens with one attached hydrogen (secondary N) is 2. The van der Waals surface area contributed by atoms with Crippen molar-refractivity contribution in [2.24, 2.45) is 0 Å². The van der Waals surface area contributed by atoms with E-state index in [2.05, 4.69) is 22.5 Å². The Labute approximate surface area is 180 Å². The van der Waals surface area contributed by atoms with Crippen LogP contribution in [0.1, 0.15) is 43.4 Å². The van der Waals surface area contributed by atoms with E-state index < -0.39 is 17.6 Å². The minimum Gasteiger partial charge on any atom is -0.444 e. The van der Waals surface area contributed by atoms with Crippen LogP contribution in [0.25, 0.3) is 10.8 Å². The predicted octanol–water partition coefficient (Wildman–Crippen LogP) is 5.11. The number of aromatic nitrogens is 1. The molecule has 0 fully saturated rings. The second kappa shape index (κ2) is 9.26. The summed E-state index contributed by atoms with van der Waals surface area (Å²) in [5, 5.41) is 7.72. The monoisotopic (exact) mass is 425 g/mol. The Hall–Kier alpha value is -2.93. The molecule has 0 aliphatic rings. The number of fused-ring (bicyclic) bond motifs is 1. The van der Waals surface area contributed by atoms with Crippen molar-refractivity contribution in [2.75, 3.05) is 11.9 Å². The second-order valence-corrected chi connectivity index (χ2v) is 9.22. The zero-order valence-electron chi connectivity index (χ0n) is 17.7. The third-order valence-corrected chi connectivity index (χ3v) is 5.79. The number of benzene rings is 1. The fourth-order valence-corrected chi connectivity index (χ4v) is 4.04. The first kappa shape index (κ1) is 21.8. The molecular weight excluding hydrogens is 398 g/mol. The Kier molecular flexibility index (Phi) is 6.72. The highest BCUT2D eigenvalue weighted by molar-refractivity contribution is 7.12. The van der Waals surface area contributed by atoms with Crippen molar-refractivity contribution in [3.8, 4) is 0 Å². The summed E-state index contributed by atoms with van der Waals surface area (Å²) in [5.74, 6) is -0.695. The lowest BCUT2D eigenvalue weighted by Gasteiger charge is -2.21. The summed E-state index contributed by atoms with van der Waals surface area (Å²) in [6, 6.07) is 11.6. The second-order valence-electron chi connectivity index (χ2n) is 8.02. The van der Waals surface area contributed by atoms with Gasteiger partial charge in [0.1, 0.15) is 5.60 Å². The van der Waals surface area contributed by atoms with Gasteiger partial charge in [-0.25, -0.2) is 4.79 Å². The number of hydrogen-bond donors (Lipinski definition) is 2. The number of rotatable bonds is 6. The molecule has 0 bridgehead atoms. The number of ether oxygens (including phenoxy) is 1. The maximum atomic E-state index is 13.1. The van der Waals surface area contributed by atoms with E-state index >= 15 is 0 Å². The number of hydrogen-bond acceptors (Lipinski definition) is 5. The number of anilines is 1. The van der Waals surface area contributed by atoms with Gasteiger partial charge in [0.2, 0.25) is 5.91 Å². The standard InChI is InChI=1S/C23H27N3O3S/c1-5-18-8-9-20(30-18)19(14-25-22(28)29-23(2,3)4)21(27)26-17-7-6-16-13-24-11-10-15(16)12-17/h6-13,19H,5,14H2,1-4H3,(H,25,28)(H,26,27). The molecule has 6 nitrogen and oxygen atoms in total. The van der Waals surface area contributed by atoms with Gasteiger partial charge >= 0.3 is 6.09 Å². The minimum absolute atomic E-state index is 0.155. The quantitative estimate of drug-likeness (QED) is 0.575. The van der Waals surface area contributed by atoms with Crippen molar-refractivity contribution >= 4 is 39.8 Å². The maximum Gasteiger partial charge on any atom is 0.407 e. The Morgan fingerprint density at radius 2 is 1.93 bits per heavy atom. The number of amides is 2. The van der Waals surface area contributed by atoms with E-state index in [1.807, 2.05) is 36.4 Å². The van der Waals surface area contributed by atoms with Crippen molar-refractivity contribution in [3.63, 3.8) is 0 Å². The van der Waals surface area contributed by atoms with Gasteiger partial charge in [-0.05, 0) is 62.9 Å². The topological polar surface area (TPSA) is 80.3 Å². The molecular formula is C23H27N3O3S. The fraction of sp³-hybridized carbons (Fsp3) is 0.348. The summed E-state index contributed by atoms with van der Waals surface area (Å²) < 4.78 is 5.31. The third kappa shape index (κ3) is 5.79. The molecule has 2 aromatic heterocycles. The maximum absolute atomic E-state index is 13.1. The SMILES string of the molecule is CCc1ccc(C(CNC(=O)OC(C)(C)C)C(=O)Nc2ccc3cnccc3c2)s1. The molecule has 0 spiro atoms. The molecule has 0 aliphatic carbocycles. The summed E-state index contributed by atoms with van der Waals surface area (Å²) in [7, 11) is 0. The first-order valence-electron chi connectivity index (χ1n) is 9.95. The highest BCUT2D eigenvalue weighted by Gasteiger charge is 2.25. The van der Waals surface area contributed by atoms with E-state index in [0.717, 1.165) is 22.1 Å². The number of nitrogens with zero attached hydrogens (tertiary/aromatic N) is 1. The number of carbonyl (C=O) groups excluding carboxylic acids is 2. The molecule has 0 saturated heterocycles. The Balaban J connectivity index is 1.77. The van der Waals surface area contributed by atoms with Crippen molar-refractivity contribution in [3.05, 3.63) is 58.5 Å². The Morgan fingerprint density at radius 1 is 1.13 bits per heavy atom. The van der Waals surface area contributed by atoms with Gasteiger partial charge in [0.15, 0.2) is 0 Å². The van der Waals surface area contributed by atoms with Crippen LogP contribution in [0.4, 0.5) is 10.5 Å². The Morgan fingerprint density at radius 3 is 2.63 bits per heavy atom. The summed E-state index contributed by atoms with van der Waals surface area (Å²) in [6.07, 6.45) is 3.87. The van der Waals surface area contributed by atoms with Crippen LogP contribution < -0.4 is 10.6 Å². The molecule has 0 radical (unpaired) electrons. The molecule has 1 unspecified atom stereocenters. The van der Waals surface area contributed by atoms with Gasteiger partial charge in [-0.2, -0.15) is 0 Å². The van der Waals surface area contributed by atoms with E-state index in [9.17, 15) is 9.59 Å². The van der Waals surface area contributed by atoms with Crippen molar-refractivity contribution < 1.29 is 14.3 Å². The lowest BCUT2D eigenvalue weighted by molar-refractivity contribution is -0.117. The highest BCUT2D eigenvalue weighted by atomic mass is 32.1. The molecule has 0 saturated carbocycles. The van der Waals surface area contributed by atoms with Crippen LogP contribution in [0.15, 0.2) is 48.8 Å². The summed E-state index contributed by atoms with van der Waals surface area (Å²) in [6.45, 7) is 7.64. The van der Waals surface area contributed by atoms with Crippen molar-refractivity contribution in [2.45, 2.75) is 45.6 Å². The largest absolute Gasteiger partial charge is 0.444 e. The van der Waals surface area contributed by atoms with E-state index in [1.54, 1.807) is 44.5 Å². The average Bonchev–Trinajstić information content (AvgIpc) is 3.15. The zero-order valence-corrected chi connectivity index (χ0v) is 18.5. The first-order chi connectivity index (χ1) is 14.2. The van der Waals surface area contributed by atoms with Crippen molar-refractivity contribution in [1.29, 1.82) is 0 Å². The number of alkyl carbamates (subject to hydrolysis) is 1. The third-order valence-electron chi connectivity index (χ3n) is 4.45. The normalized spacial score (nSPS) is 12.4. The smallest absolute Gasteiger partial charge is 0.407 e. The zero-order chi connectivity index (χ0) is 21.7. The average molecular weight is 426 g/mol. The number of aryl methyl sites for hydroxylation is 1. The predicted molar refractivity (Wildman–Crippen MR) is 121 cm³/mol. The molecule has 3 rings (SSSR count). The van der Waals surface area contributed by atoms with Gasteiger partial charge < -0.3 is 15.4 Å². The molecule has 3 aromatic rings. The number of pyridine rings is 1. The molecule has 1 atom stereocenters. The van der Waals surface area contributed by atoms with Crippen LogP contribution in [0.5, 0.6) is 0 Å². The molecule has 30 heavy (non-hydrogen) atoms. The van der Waals surface area contributed by atoms with Gasteiger partial charge in [0, 0.05) is 39.8 Å². The van der Waals surface area contributed by atoms with Crippen LogP contribution in [0.3, 0.4) is 0 Å². The molecule has 2 heterocycles. The first-order valence-corrected chi connectivity index (χ1v) is 10.8. The molecule has 1 aromatic carbocycles. The van der Waals surface area contributed by atoms with E-state index in [-0.39, 0.29) is 12.5 Å².